The van der Waals surface area contributed by atoms with Crippen LogP contribution in [-0.4, -0.2) is 17.9 Å². The Labute approximate surface area is 99.1 Å². The summed E-state index contributed by atoms with van der Waals surface area (Å²) in [7, 11) is 0. The van der Waals surface area contributed by atoms with Gasteiger partial charge in [0.15, 0.2) is 11.5 Å². The van der Waals surface area contributed by atoms with Crippen LogP contribution < -0.4 is 15.2 Å². The van der Waals surface area contributed by atoms with Crippen molar-refractivity contribution in [2.75, 3.05) is 6.79 Å². The van der Waals surface area contributed by atoms with Crippen molar-refractivity contribution >= 4 is 5.97 Å². The standard InChI is InChI=1S/C12H15NO4/c1-2-8(12(14)15)11(13)7-3-4-9-10(5-7)17-6-16-9/h3-5,8,11H,2,6,13H2,1H3,(H,14,15). The molecule has 2 unspecified atom stereocenters. The van der Waals surface area contributed by atoms with E-state index in [0.717, 1.165) is 5.56 Å². The van der Waals surface area contributed by atoms with Gasteiger partial charge in [-0.15, -0.1) is 0 Å². The fourth-order valence-electron chi connectivity index (χ4n) is 1.93. The Morgan fingerprint density at radius 1 is 1.47 bits per heavy atom. The van der Waals surface area contributed by atoms with Crippen LogP contribution in [0.4, 0.5) is 0 Å². The number of benzene rings is 1. The van der Waals surface area contributed by atoms with E-state index in [1.54, 1.807) is 18.2 Å². The van der Waals surface area contributed by atoms with Crippen molar-refractivity contribution in [3.63, 3.8) is 0 Å². The SMILES string of the molecule is CCC(C(=O)O)C(N)c1ccc2c(c1)OCO2. The largest absolute Gasteiger partial charge is 0.481 e. The highest BCUT2D eigenvalue weighted by atomic mass is 16.7. The van der Waals surface area contributed by atoms with Crippen LogP contribution in [0.1, 0.15) is 24.9 Å². The first-order chi connectivity index (χ1) is 8.13. The molecule has 17 heavy (non-hydrogen) atoms. The summed E-state index contributed by atoms with van der Waals surface area (Å²) in [6.45, 7) is 2.01. The van der Waals surface area contributed by atoms with Gasteiger partial charge < -0.3 is 20.3 Å². The van der Waals surface area contributed by atoms with Crippen LogP contribution in [0.3, 0.4) is 0 Å². The predicted molar refractivity (Wildman–Crippen MR) is 60.9 cm³/mol. The first kappa shape index (κ1) is 11.7. The van der Waals surface area contributed by atoms with E-state index in [1.807, 2.05) is 6.92 Å². The summed E-state index contributed by atoms with van der Waals surface area (Å²) >= 11 is 0. The van der Waals surface area contributed by atoms with Gasteiger partial charge in [0.25, 0.3) is 0 Å². The second-order valence-corrected chi connectivity index (χ2v) is 3.99. The second kappa shape index (κ2) is 4.63. The molecule has 1 aliphatic heterocycles. The molecule has 1 aromatic rings. The van der Waals surface area contributed by atoms with Gasteiger partial charge >= 0.3 is 5.97 Å². The van der Waals surface area contributed by atoms with Gasteiger partial charge in [0.05, 0.1) is 5.92 Å². The van der Waals surface area contributed by atoms with Crippen molar-refractivity contribution in [2.24, 2.45) is 11.7 Å². The van der Waals surface area contributed by atoms with Crippen LogP contribution in [-0.2, 0) is 4.79 Å². The molecule has 0 aliphatic carbocycles. The fraction of sp³-hybridized carbons (Fsp3) is 0.417. The molecule has 0 aromatic heterocycles. The molecule has 1 heterocycles. The lowest BCUT2D eigenvalue weighted by Crippen LogP contribution is -2.27. The Morgan fingerprint density at radius 2 is 2.18 bits per heavy atom. The summed E-state index contributed by atoms with van der Waals surface area (Å²) < 4.78 is 10.4. The van der Waals surface area contributed by atoms with Gasteiger partial charge in [0, 0.05) is 6.04 Å². The van der Waals surface area contributed by atoms with E-state index < -0.39 is 17.9 Å². The van der Waals surface area contributed by atoms with E-state index in [0.29, 0.717) is 17.9 Å². The van der Waals surface area contributed by atoms with Gasteiger partial charge in [-0.3, -0.25) is 4.79 Å². The molecule has 0 fully saturated rings. The monoisotopic (exact) mass is 237 g/mol. The lowest BCUT2D eigenvalue weighted by Gasteiger charge is -2.19. The van der Waals surface area contributed by atoms with Crippen LogP contribution >= 0.6 is 0 Å². The maximum Gasteiger partial charge on any atom is 0.308 e. The quantitative estimate of drug-likeness (QED) is 0.829. The molecule has 92 valence electrons. The average molecular weight is 237 g/mol. The number of carboxylic acid groups (broad SMARTS) is 1. The summed E-state index contributed by atoms with van der Waals surface area (Å²) in [5.41, 5.74) is 6.72. The highest BCUT2D eigenvalue weighted by Gasteiger charge is 2.26. The summed E-state index contributed by atoms with van der Waals surface area (Å²) in [6.07, 6.45) is 0.491. The molecule has 2 atom stereocenters. The molecular weight excluding hydrogens is 222 g/mol. The van der Waals surface area contributed by atoms with E-state index in [-0.39, 0.29) is 6.79 Å². The van der Waals surface area contributed by atoms with Gasteiger partial charge in [0.2, 0.25) is 6.79 Å². The second-order valence-electron chi connectivity index (χ2n) is 3.99. The van der Waals surface area contributed by atoms with Crippen LogP contribution in [0, 0.1) is 5.92 Å². The Balaban J connectivity index is 2.24. The minimum atomic E-state index is -0.877. The van der Waals surface area contributed by atoms with Gasteiger partial charge in [-0.1, -0.05) is 13.0 Å². The molecule has 0 spiro atoms. The number of aliphatic carboxylic acids is 1. The highest BCUT2D eigenvalue weighted by Crippen LogP contribution is 2.35. The number of hydrogen-bond donors (Lipinski definition) is 2. The van der Waals surface area contributed by atoms with Crippen LogP contribution in [0.2, 0.25) is 0 Å². The maximum atomic E-state index is 11.0. The zero-order valence-corrected chi connectivity index (χ0v) is 9.55. The van der Waals surface area contributed by atoms with Gasteiger partial charge in [-0.05, 0) is 24.1 Å². The normalized spacial score (nSPS) is 16.6. The molecule has 2 rings (SSSR count). The first-order valence-corrected chi connectivity index (χ1v) is 5.51. The smallest absolute Gasteiger partial charge is 0.308 e. The number of ether oxygens (including phenoxy) is 2. The van der Waals surface area contributed by atoms with Crippen molar-refractivity contribution < 1.29 is 19.4 Å². The number of nitrogens with two attached hydrogens (primary N) is 1. The molecule has 0 radical (unpaired) electrons. The molecule has 5 nitrogen and oxygen atoms in total. The molecule has 0 saturated heterocycles. The topological polar surface area (TPSA) is 81.8 Å². The number of fused-ring (bicyclic) bond motifs is 1. The minimum absolute atomic E-state index is 0.199. The minimum Gasteiger partial charge on any atom is -0.481 e. The Hall–Kier alpha value is -1.75. The lowest BCUT2D eigenvalue weighted by atomic mass is 9.91. The third-order valence-electron chi connectivity index (χ3n) is 2.97. The average Bonchev–Trinajstić information content (AvgIpc) is 2.75. The van der Waals surface area contributed by atoms with E-state index in [1.165, 1.54) is 0 Å². The molecule has 3 N–H and O–H groups in total. The number of carbonyl (C=O) groups is 1. The zero-order valence-electron chi connectivity index (χ0n) is 9.55. The fourth-order valence-corrected chi connectivity index (χ4v) is 1.93. The Kier molecular flexibility index (Phi) is 3.19. The van der Waals surface area contributed by atoms with Crippen molar-refractivity contribution in [3.05, 3.63) is 23.8 Å². The zero-order chi connectivity index (χ0) is 12.4. The maximum absolute atomic E-state index is 11.0. The van der Waals surface area contributed by atoms with E-state index in [9.17, 15) is 4.79 Å². The summed E-state index contributed by atoms with van der Waals surface area (Å²) in [4.78, 5) is 11.0. The Morgan fingerprint density at radius 3 is 2.82 bits per heavy atom. The number of rotatable bonds is 4. The van der Waals surface area contributed by atoms with Crippen molar-refractivity contribution in [3.8, 4) is 11.5 Å². The van der Waals surface area contributed by atoms with Gasteiger partial charge in [-0.25, -0.2) is 0 Å². The van der Waals surface area contributed by atoms with Crippen molar-refractivity contribution in [2.45, 2.75) is 19.4 Å². The van der Waals surface area contributed by atoms with Gasteiger partial charge in [-0.2, -0.15) is 0 Å². The summed E-state index contributed by atoms with van der Waals surface area (Å²) in [5.74, 6) is -0.171. The molecule has 0 saturated carbocycles. The predicted octanol–water partition coefficient (Wildman–Crippen LogP) is 1.53. The van der Waals surface area contributed by atoms with E-state index >= 15 is 0 Å². The molecular formula is C12H15NO4. The van der Waals surface area contributed by atoms with Gasteiger partial charge in [0.1, 0.15) is 0 Å². The summed E-state index contributed by atoms with van der Waals surface area (Å²) in [5, 5.41) is 9.06. The Bertz CT molecular complexity index is 433. The molecule has 5 heteroatoms. The molecule has 0 bridgehead atoms. The highest BCUT2D eigenvalue weighted by molar-refractivity contribution is 5.71. The summed E-state index contributed by atoms with van der Waals surface area (Å²) in [6, 6.07) is 4.75. The van der Waals surface area contributed by atoms with Crippen molar-refractivity contribution in [1.29, 1.82) is 0 Å². The molecule has 1 aromatic carbocycles. The van der Waals surface area contributed by atoms with E-state index in [2.05, 4.69) is 0 Å². The van der Waals surface area contributed by atoms with E-state index in [4.69, 9.17) is 20.3 Å². The van der Waals surface area contributed by atoms with Crippen molar-refractivity contribution in [1.82, 2.24) is 0 Å². The molecule has 1 aliphatic rings. The molecule has 0 amide bonds. The number of hydrogen-bond acceptors (Lipinski definition) is 4. The van der Waals surface area contributed by atoms with Crippen LogP contribution in [0.15, 0.2) is 18.2 Å². The first-order valence-electron chi connectivity index (χ1n) is 5.51. The van der Waals surface area contributed by atoms with Crippen LogP contribution in [0.5, 0.6) is 11.5 Å². The number of carboxylic acids is 1. The van der Waals surface area contributed by atoms with Crippen LogP contribution in [0.25, 0.3) is 0 Å². The lowest BCUT2D eigenvalue weighted by molar-refractivity contribution is -0.142. The third kappa shape index (κ3) is 2.19. The third-order valence-corrected chi connectivity index (χ3v) is 2.97.